The minimum atomic E-state index is -0.198. The fraction of sp³-hybridized carbons (Fsp3) is 0.636. The Kier molecular flexibility index (Phi) is 11.7. The van der Waals surface area contributed by atoms with Crippen LogP contribution in [0.2, 0.25) is 0 Å². The molecular formula is C44H62N6O6. The number of carbonyl (C=O) groups excluding carboxylic acids is 4. The van der Waals surface area contributed by atoms with Crippen molar-refractivity contribution >= 4 is 35.4 Å². The van der Waals surface area contributed by atoms with Crippen molar-refractivity contribution in [2.75, 3.05) is 75.4 Å². The van der Waals surface area contributed by atoms with Crippen molar-refractivity contribution in [2.45, 2.75) is 116 Å². The monoisotopic (exact) mass is 770 g/mol. The zero-order valence-corrected chi connectivity index (χ0v) is 34.5. The summed E-state index contributed by atoms with van der Waals surface area (Å²) in [5.41, 5.74) is 6.95. The Balaban J connectivity index is 0.000000172. The molecule has 304 valence electrons. The fourth-order valence-corrected chi connectivity index (χ4v) is 10.1. The van der Waals surface area contributed by atoms with Gasteiger partial charge in [0.2, 0.25) is 11.8 Å². The lowest BCUT2D eigenvalue weighted by molar-refractivity contribution is -0.118. The molecule has 4 fully saturated rings. The molecule has 0 bridgehead atoms. The van der Waals surface area contributed by atoms with E-state index in [2.05, 4.69) is 83.7 Å². The minimum Gasteiger partial charge on any atom is -0.450 e. The molecule has 2 aromatic rings. The fourth-order valence-electron chi connectivity index (χ4n) is 10.1. The lowest BCUT2D eigenvalue weighted by Crippen LogP contribution is -2.55. The number of rotatable bonds is 6. The van der Waals surface area contributed by atoms with Gasteiger partial charge in [-0.05, 0) is 114 Å². The molecule has 0 saturated carbocycles. The second-order valence-corrected chi connectivity index (χ2v) is 17.3. The normalized spacial score (nSPS) is 26.0. The third-order valence-corrected chi connectivity index (χ3v) is 13.4. The van der Waals surface area contributed by atoms with Gasteiger partial charge in [-0.25, -0.2) is 9.59 Å². The number of hydrogen-bond donors (Lipinski definition) is 0. The van der Waals surface area contributed by atoms with Crippen LogP contribution in [-0.2, 0) is 31.9 Å². The number of aryl methyl sites for hydroxylation is 2. The van der Waals surface area contributed by atoms with Gasteiger partial charge < -0.3 is 29.1 Å². The van der Waals surface area contributed by atoms with Crippen LogP contribution >= 0.6 is 0 Å². The summed E-state index contributed by atoms with van der Waals surface area (Å²) in [5.74, 6) is 0.472. The van der Waals surface area contributed by atoms with Gasteiger partial charge in [0, 0.05) is 86.9 Å². The number of benzene rings is 2. The highest BCUT2D eigenvalue weighted by atomic mass is 16.6. The molecule has 12 heteroatoms. The maximum atomic E-state index is 12.7. The third-order valence-electron chi connectivity index (χ3n) is 13.4. The van der Waals surface area contributed by atoms with Crippen LogP contribution < -0.4 is 9.80 Å². The molecule has 6 aliphatic rings. The van der Waals surface area contributed by atoms with E-state index in [1.165, 1.54) is 11.1 Å². The van der Waals surface area contributed by atoms with E-state index < -0.39 is 0 Å². The van der Waals surface area contributed by atoms with E-state index in [9.17, 15) is 19.2 Å². The minimum absolute atomic E-state index is 0.00124. The first kappa shape index (κ1) is 40.1. The topological polar surface area (TPSA) is 106 Å². The number of carbonyl (C=O) groups is 4. The van der Waals surface area contributed by atoms with E-state index >= 15 is 0 Å². The largest absolute Gasteiger partial charge is 0.450 e. The van der Waals surface area contributed by atoms with Gasteiger partial charge in [0.15, 0.2) is 0 Å². The first-order chi connectivity index (χ1) is 26.8. The van der Waals surface area contributed by atoms with Gasteiger partial charge in [-0.1, -0.05) is 24.3 Å². The molecule has 12 nitrogen and oxygen atoms in total. The van der Waals surface area contributed by atoms with E-state index in [1.54, 1.807) is 0 Å². The van der Waals surface area contributed by atoms with Crippen LogP contribution in [0, 0.1) is 13.8 Å². The highest BCUT2D eigenvalue weighted by Crippen LogP contribution is 2.39. The molecule has 6 heterocycles. The summed E-state index contributed by atoms with van der Waals surface area (Å²) in [6.07, 6.45) is 6.53. The molecule has 2 atom stereocenters. The number of piperidine rings is 2. The number of fused-ring (bicyclic) bond motifs is 2. The Hall–Kier alpha value is -4.16. The summed E-state index contributed by atoms with van der Waals surface area (Å²) in [6.45, 7) is 20.0. The molecule has 4 amide bonds. The van der Waals surface area contributed by atoms with Gasteiger partial charge in [-0.3, -0.25) is 19.4 Å². The molecule has 0 spiro atoms. The highest BCUT2D eigenvalue weighted by Gasteiger charge is 2.45. The van der Waals surface area contributed by atoms with Crippen molar-refractivity contribution in [3.8, 4) is 0 Å². The number of likely N-dealkylation sites (tertiary alicyclic amines) is 4. The smallest absolute Gasteiger partial charge is 0.409 e. The standard InChI is InChI=1S/2C22H31N3O3/c2*1-4-28-21(27)23-12-9-22(3,15-23)24-10-7-18(8-11-24)25-19-13-16(2)5-6-17(19)14-20(25)26/h2*5-6,13,18H,4,7-12,14-15H2,1-3H3. The zero-order valence-electron chi connectivity index (χ0n) is 34.5. The van der Waals surface area contributed by atoms with Crippen molar-refractivity contribution in [1.29, 1.82) is 0 Å². The van der Waals surface area contributed by atoms with Crippen molar-refractivity contribution < 1.29 is 28.7 Å². The molecule has 56 heavy (non-hydrogen) atoms. The maximum absolute atomic E-state index is 12.7. The molecule has 0 aromatic heterocycles. The first-order valence-corrected chi connectivity index (χ1v) is 21.0. The van der Waals surface area contributed by atoms with Crippen LogP contribution in [0.3, 0.4) is 0 Å². The second-order valence-electron chi connectivity index (χ2n) is 17.3. The van der Waals surface area contributed by atoms with Gasteiger partial charge >= 0.3 is 12.2 Å². The predicted molar refractivity (Wildman–Crippen MR) is 217 cm³/mol. The summed E-state index contributed by atoms with van der Waals surface area (Å²) in [7, 11) is 0. The van der Waals surface area contributed by atoms with E-state index in [0.717, 1.165) is 113 Å². The Morgan fingerprint density at radius 2 is 1.00 bits per heavy atom. The van der Waals surface area contributed by atoms with Crippen molar-refractivity contribution in [3.05, 3.63) is 58.7 Å². The van der Waals surface area contributed by atoms with Gasteiger partial charge in [-0.15, -0.1) is 0 Å². The summed E-state index contributed by atoms with van der Waals surface area (Å²) in [4.78, 5) is 62.3. The van der Waals surface area contributed by atoms with E-state index in [0.29, 0.717) is 26.1 Å². The van der Waals surface area contributed by atoms with Crippen molar-refractivity contribution in [2.24, 2.45) is 0 Å². The molecule has 0 radical (unpaired) electrons. The number of ether oxygens (including phenoxy) is 2. The second kappa shape index (κ2) is 16.4. The third kappa shape index (κ3) is 8.01. The average molecular weight is 771 g/mol. The van der Waals surface area contributed by atoms with Gasteiger partial charge in [0.05, 0.1) is 26.1 Å². The zero-order chi connectivity index (χ0) is 39.8. The highest BCUT2D eigenvalue weighted by molar-refractivity contribution is 6.02. The molecule has 4 saturated heterocycles. The molecule has 0 N–H and O–H groups in total. The average Bonchev–Trinajstić information content (AvgIpc) is 3.95. The lowest BCUT2D eigenvalue weighted by Gasteiger charge is -2.44. The van der Waals surface area contributed by atoms with Crippen molar-refractivity contribution in [3.63, 3.8) is 0 Å². The van der Waals surface area contributed by atoms with Crippen LogP contribution in [0.5, 0.6) is 0 Å². The summed E-state index contributed by atoms with van der Waals surface area (Å²) in [5, 5.41) is 0. The quantitative estimate of drug-likeness (QED) is 0.356. The van der Waals surface area contributed by atoms with Crippen LogP contribution in [0.4, 0.5) is 21.0 Å². The van der Waals surface area contributed by atoms with Gasteiger partial charge in [0.1, 0.15) is 0 Å². The summed E-state index contributed by atoms with van der Waals surface area (Å²) < 4.78 is 10.3. The molecular weight excluding hydrogens is 709 g/mol. The predicted octanol–water partition coefficient (Wildman–Crippen LogP) is 5.94. The summed E-state index contributed by atoms with van der Waals surface area (Å²) >= 11 is 0. The number of nitrogens with zero attached hydrogens (tertiary/aromatic N) is 6. The lowest BCUT2D eigenvalue weighted by atomic mass is 9.93. The SMILES string of the molecule is CCOC(=O)N1CCC(C)(N2CCC(N3C(=O)Cc4ccc(C)cc43)CC2)C1.CCOC(=O)N1CCC(C)(N2CCC(N3C(=O)Cc4ccc(C)cc43)CC2)C1. The number of anilines is 2. The van der Waals surface area contributed by atoms with Crippen LogP contribution in [-0.4, -0.2) is 132 Å². The van der Waals surface area contributed by atoms with Crippen molar-refractivity contribution in [1.82, 2.24) is 19.6 Å². The molecule has 8 rings (SSSR count). The van der Waals surface area contributed by atoms with E-state index in [-0.39, 0.29) is 47.2 Å². The Morgan fingerprint density at radius 1 is 0.625 bits per heavy atom. The van der Waals surface area contributed by atoms with E-state index in [4.69, 9.17) is 9.47 Å². The Morgan fingerprint density at radius 3 is 1.36 bits per heavy atom. The Labute approximate surface area is 333 Å². The number of amides is 4. The van der Waals surface area contributed by atoms with Crippen LogP contribution in [0.15, 0.2) is 36.4 Å². The number of hydrogen-bond acceptors (Lipinski definition) is 8. The Bertz CT molecular complexity index is 1670. The van der Waals surface area contributed by atoms with Gasteiger partial charge in [0.25, 0.3) is 0 Å². The maximum Gasteiger partial charge on any atom is 0.409 e. The first-order valence-electron chi connectivity index (χ1n) is 21.0. The van der Waals surface area contributed by atoms with E-state index in [1.807, 2.05) is 23.6 Å². The molecule has 2 aromatic carbocycles. The molecule has 2 unspecified atom stereocenters. The summed E-state index contributed by atoms with van der Waals surface area (Å²) in [6, 6.07) is 13.2. The van der Waals surface area contributed by atoms with Crippen LogP contribution in [0.25, 0.3) is 0 Å². The van der Waals surface area contributed by atoms with Gasteiger partial charge in [-0.2, -0.15) is 0 Å². The van der Waals surface area contributed by atoms with Crippen LogP contribution in [0.1, 0.15) is 88.5 Å². The molecule has 6 aliphatic heterocycles. The molecule has 0 aliphatic carbocycles.